The lowest BCUT2D eigenvalue weighted by Gasteiger charge is -2.15. The van der Waals surface area contributed by atoms with Crippen molar-refractivity contribution in [3.63, 3.8) is 0 Å². The summed E-state index contributed by atoms with van der Waals surface area (Å²) >= 11 is 1.33. The van der Waals surface area contributed by atoms with Gasteiger partial charge in [0.25, 0.3) is 0 Å². The second-order valence-corrected chi connectivity index (χ2v) is 3.89. The highest BCUT2D eigenvalue weighted by molar-refractivity contribution is 8.13. The summed E-state index contributed by atoms with van der Waals surface area (Å²) in [5, 5.41) is 0.299. The van der Waals surface area contributed by atoms with Crippen molar-refractivity contribution in [2.45, 2.75) is 18.9 Å². The molecule has 0 aromatic rings. The van der Waals surface area contributed by atoms with E-state index in [0.29, 0.717) is 5.12 Å². The molecule has 4 heteroatoms. The van der Waals surface area contributed by atoms with Crippen LogP contribution < -0.4 is 0 Å². The fourth-order valence-corrected chi connectivity index (χ4v) is 2.28. The Balaban J connectivity index is 2.46. The van der Waals surface area contributed by atoms with Crippen LogP contribution >= 0.6 is 21.2 Å². The zero-order chi connectivity index (χ0) is 7.56. The predicted molar refractivity (Wildman–Crippen MR) is 48.0 cm³/mol. The number of nitrogens with zero attached hydrogens (tertiary/aromatic N) is 1. The van der Waals surface area contributed by atoms with Crippen LogP contribution in [0.4, 0.5) is 0 Å². The molecule has 0 spiro atoms. The van der Waals surface area contributed by atoms with Crippen LogP contribution in [-0.4, -0.2) is 28.6 Å². The smallest absolute Gasteiger partial charge is 0.206 e. The van der Waals surface area contributed by atoms with Crippen molar-refractivity contribution in [2.75, 3.05) is 12.8 Å². The van der Waals surface area contributed by atoms with Crippen LogP contribution in [0, 0.1) is 0 Å². The zero-order valence-electron chi connectivity index (χ0n) is 6.04. The quantitative estimate of drug-likeness (QED) is 0.560. The van der Waals surface area contributed by atoms with Gasteiger partial charge in [0.05, 0.1) is 6.04 Å². The van der Waals surface area contributed by atoms with E-state index in [9.17, 15) is 4.79 Å². The highest BCUT2D eigenvalue weighted by Crippen LogP contribution is 2.24. The maximum Gasteiger partial charge on any atom is 0.206 e. The largest absolute Gasteiger partial charge is 0.285 e. The lowest BCUT2D eigenvalue weighted by molar-refractivity contribution is -0.113. The molecule has 0 N–H and O–H groups in total. The van der Waals surface area contributed by atoms with Gasteiger partial charge in [0.15, 0.2) is 0 Å². The molecule has 1 fully saturated rings. The van der Waals surface area contributed by atoms with Gasteiger partial charge in [0, 0.05) is 6.54 Å². The van der Waals surface area contributed by atoms with E-state index in [2.05, 4.69) is 14.1 Å². The molecule has 58 valence electrons. The van der Waals surface area contributed by atoms with Crippen LogP contribution in [-0.2, 0) is 4.79 Å². The normalized spacial score (nSPS) is 27.2. The molecule has 2 atom stereocenters. The van der Waals surface area contributed by atoms with E-state index in [-0.39, 0.29) is 6.04 Å². The SMILES string of the molecule is CSC(=O)C1CCCN1P. The number of carbonyl (C=O) groups is 1. The van der Waals surface area contributed by atoms with Gasteiger partial charge in [-0.1, -0.05) is 21.2 Å². The van der Waals surface area contributed by atoms with Crippen LogP contribution in [0.25, 0.3) is 0 Å². The van der Waals surface area contributed by atoms with E-state index in [1.807, 2.05) is 6.26 Å². The molecule has 2 unspecified atom stereocenters. The second-order valence-electron chi connectivity index (χ2n) is 2.42. The Morgan fingerprint density at radius 3 is 2.90 bits per heavy atom. The van der Waals surface area contributed by atoms with Crippen molar-refractivity contribution in [1.29, 1.82) is 0 Å². The molecule has 1 saturated heterocycles. The standard InChI is InChI=1S/C6H12NOPS/c1-10-6(8)5-3-2-4-7(5)9/h5H,2-4,9H2,1H3. The average molecular weight is 177 g/mol. The molecule has 0 bridgehead atoms. The van der Waals surface area contributed by atoms with Crippen molar-refractivity contribution in [1.82, 2.24) is 4.67 Å². The van der Waals surface area contributed by atoms with Gasteiger partial charge in [-0.05, 0) is 19.1 Å². The molecule has 1 aliphatic rings. The Kier molecular flexibility index (Phi) is 3.15. The van der Waals surface area contributed by atoms with Gasteiger partial charge >= 0.3 is 0 Å². The maximum atomic E-state index is 11.1. The number of rotatable bonds is 1. The van der Waals surface area contributed by atoms with E-state index >= 15 is 0 Å². The van der Waals surface area contributed by atoms with E-state index in [0.717, 1.165) is 19.4 Å². The average Bonchev–Trinajstić information content (AvgIpc) is 2.34. The fraction of sp³-hybridized carbons (Fsp3) is 0.833. The zero-order valence-corrected chi connectivity index (χ0v) is 8.01. The topological polar surface area (TPSA) is 20.3 Å². The third-order valence-electron chi connectivity index (χ3n) is 1.77. The minimum absolute atomic E-state index is 0.167. The molecule has 1 rings (SSSR count). The summed E-state index contributed by atoms with van der Waals surface area (Å²) in [6, 6.07) is 0.167. The van der Waals surface area contributed by atoms with E-state index in [4.69, 9.17) is 0 Å². The highest BCUT2D eigenvalue weighted by Gasteiger charge is 2.26. The molecule has 1 aliphatic heterocycles. The summed E-state index contributed by atoms with van der Waals surface area (Å²) in [6.45, 7) is 1.04. The molecule has 2 nitrogen and oxygen atoms in total. The third-order valence-corrected chi connectivity index (χ3v) is 3.06. The summed E-state index contributed by atoms with van der Waals surface area (Å²) in [7, 11) is 2.61. The minimum Gasteiger partial charge on any atom is -0.285 e. The lowest BCUT2D eigenvalue weighted by Crippen LogP contribution is -2.26. The third kappa shape index (κ3) is 1.71. The molecular weight excluding hydrogens is 165 g/mol. The Bertz CT molecular complexity index is 142. The minimum atomic E-state index is 0.167. The number of carbonyl (C=O) groups excluding carboxylic acids is 1. The Hall–Kier alpha value is 0.410. The van der Waals surface area contributed by atoms with Gasteiger partial charge in [0.1, 0.15) is 0 Å². The molecule has 1 heterocycles. The Morgan fingerprint density at radius 2 is 2.50 bits per heavy atom. The molecule has 0 aliphatic carbocycles. The van der Waals surface area contributed by atoms with Gasteiger partial charge < -0.3 is 0 Å². The first-order chi connectivity index (χ1) is 4.75. The first-order valence-electron chi connectivity index (χ1n) is 3.35. The van der Waals surface area contributed by atoms with Crippen molar-refractivity contribution in [3.8, 4) is 0 Å². The molecule has 0 amide bonds. The summed E-state index contributed by atoms with van der Waals surface area (Å²) < 4.78 is 2.05. The van der Waals surface area contributed by atoms with Crippen LogP contribution in [0.1, 0.15) is 12.8 Å². The van der Waals surface area contributed by atoms with Crippen LogP contribution in [0.15, 0.2) is 0 Å². The Labute approximate surface area is 68.0 Å². The van der Waals surface area contributed by atoms with Crippen molar-refractivity contribution in [3.05, 3.63) is 0 Å². The predicted octanol–water partition coefficient (Wildman–Crippen LogP) is 1.13. The number of hydrogen-bond donors (Lipinski definition) is 0. The molecule has 0 aromatic carbocycles. The molecule has 0 saturated carbocycles. The van der Waals surface area contributed by atoms with Crippen molar-refractivity contribution < 1.29 is 4.79 Å². The summed E-state index contributed by atoms with van der Waals surface area (Å²) in [5.74, 6) is 0. The molecular formula is C6H12NOPS. The monoisotopic (exact) mass is 177 g/mol. The van der Waals surface area contributed by atoms with Gasteiger partial charge in [-0.2, -0.15) is 0 Å². The first-order valence-corrected chi connectivity index (χ1v) is 5.09. The molecule has 0 aromatic heterocycles. The summed E-state index contributed by atoms with van der Waals surface area (Å²) in [5.41, 5.74) is 0. The van der Waals surface area contributed by atoms with Crippen LogP contribution in [0.3, 0.4) is 0 Å². The molecule has 10 heavy (non-hydrogen) atoms. The Morgan fingerprint density at radius 1 is 1.80 bits per heavy atom. The van der Waals surface area contributed by atoms with Gasteiger partial charge in [-0.3, -0.25) is 9.46 Å². The first kappa shape index (κ1) is 8.51. The maximum absolute atomic E-state index is 11.1. The van der Waals surface area contributed by atoms with Gasteiger partial charge in [0.2, 0.25) is 5.12 Å². The van der Waals surface area contributed by atoms with E-state index in [1.165, 1.54) is 11.8 Å². The number of hydrogen-bond acceptors (Lipinski definition) is 3. The van der Waals surface area contributed by atoms with Gasteiger partial charge in [-0.15, -0.1) is 0 Å². The van der Waals surface area contributed by atoms with Crippen LogP contribution in [0.2, 0.25) is 0 Å². The lowest BCUT2D eigenvalue weighted by atomic mass is 10.2. The summed E-state index contributed by atoms with van der Waals surface area (Å²) in [4.78, 5) is 11.1. The number of thioether (sulfide) groups is 1. The van der Waals surface area contributed by atoms with Gasteiger partial charge in [-0.25, -0.2) is 0 Å². The van der Waals surface area contributed by atoms with Crippen molar-refractivity contribution in [2.24, 2.45) is 0 Å². The fourth-order valence-electron chi connectivity index (χ4n) is 1.18. The summed E-state index contributed by atoms with van der Waals surface area (Å²) in [6.07, 6.45) is 4.03. The van der Waals surface area contributed by atoms with E-state index in [1.54, 1.807) is 0 Å². The van der Waals surface area contributed by atoms with E-state index < -0.39 is 0 Å². The second kappa shape index (κ2) is 3.70. The molecule has 0 radical (unpaired) electrons. The van der Waals surface area contributed by atoms with Crippen molar-refractivity contribution >= 4 is 26.3 Å². The highest BCUT2D eigenvalue weighted by atomic mass is 32.2. The van der Waals surface area contributed by atoms with Crippen LogP contribution in [0.5, 0.6) is 0 Å².